The summed E-state index contributed by atoms with van der Waals surface area (Å²) in [5.74, 6) is 1.51. The zero-order chi connectivity index (χ0) is 26.6. The van der Waals surface area contributed by atoms with Crippen molar-refractivity contribution in [2.75, 3.05) is 33.5 Å². The van der Waals surface area contributed by atoms with E-state index >= 15 is 0 Å². The molecule has 2 aromatic carbocycles. The van der Waals surface area contributed by atoms with Gasteiger partial charge >= 0.3 is 6.09 Å². The Morgan fingerprint density at radius 3 is 2.62 bits per heavy atom. The molecule has 8 nitrogen and oxygen atoms in total. The van der Waals surface area contributed by atoms with Crippen LogP contribution in [0.2, 0.25) is 0 Å². The third kappa shape index (κ3) is 6.55. The van der Waals surface area contributed by atoms with Crippen molar-refractivity contribution in [3.63, 3.8) is 0 Å². The summed E-state index contributed by atoms with van der Waals surface area (Å²) >= 11 is 0. The number of ether oxygens (including phenoxy) is 4. The highest BCUT2D eigenvalue weighted by atomic mass is 16.6. The van der Waals surface area contributed by atoms with Crippen LogP contribution in [0, 0.1) is 5.92 Å². The first-order valence-corrected chi connectivity index (χ1v) is 12.9. The topological polar surface area (TPSA) is 86.3 Å². The van der Waals surface area contributed by atoms with E-state index in [0.717, 1.165) is 23.3 Å². The molecule has 0 bridgehead atoms. The van der Waals surface area contributed by atoms with Gasteiger partial charge in [-0.1, -0.05) is 18.2 Å². The Balaban J connectivity index is 1.56. The van der Waals surface area contributed by atoms with Crippen LogP contribution in [0.1, 0.15) is 61.5 Å². The van der Waals surface area contributed by atoms with Gasteiger partial charge in [-0.25, -0.2) is 4.79 Å². The van der Waals surface area contributed by atoms with E-state index in [9.17, 15) is 9.59 Å². The zero-order valence-electron chi connectivity index (χ0n) is 22.4. The van der Waals surface area contributed by atoms with Crippen LogP contribution in [0.25, 0.3) is 0 Å². The number of likely N-dealkylation sites (tertiary alicyclic amines) is 1. The Labute approximate surface area is 219 Å². The van der Waals surface area contributed by atoms with Crippen molar-refractivity contribution in [3.8, 4) is 11.5 Å². The molecule has 2 aliphatic heterocycles. The molecule has 3 unspecified atom stereocenters. The van der Waals surface area contributed by atoms with E-state index in [-0.39, 0.29) is 29.9 Å². The average molecular weight is 511 g/mol. The fourth-order valence-corrected chi connectivity index (χ4v) is 5.06. The summed E-state index contributed by atoms with van der Waals surface area (Å²) in [5.41, 5.74) is 2.20. The highest BCUT2D eigenvalue weighted by Crippen LogP contribution is 2.39. The SMILES string of the molecule is COCCOc1cccc(C2CCN(C(=O)OC(C)(C)C)C(C)C2COc2ccc3c(c2)C(=O)NC3)c1. The van der Waals surface area contributed by atoms with Gasteiger partial charge in [-0.15, -0.1) is 0 Å². The largest absolute Gasteiger partial charge is 0.493 e. The van der Waals surface area contributed by atoms with E-state index in [1.165, 1.54) is 0 Å². The van der Waals surface area contributed by atoms with Gasteiger partial charge in [0.1, 0.15) is 23.7 Å². The molecule has 0 saturated carbocycles. The Morgan fingerprint density at radius 1 is 1.08 bits per heavy atom. The molecular weight excluding hydrogens is 472 g/mol. The van der Waals surface area contributed by atoms with Crippen molar-refractivity contribution >= 4 is 12.0 Å². The molecule has 2 heterocycles. The summed E-state index contributed by atoms with van der Waals surface area (Å²) in [6.45, 7) is 10.2. The molecule has 200 valence electrons. The molecule has 0 spiro atoms. The number of amides is 2. The first-order chi connectivity index (χ1) is 17.7. The van der Waals surface area contributed by atoms with Crippen molar-refractivity contribution in [3.05, 3.63) is 59.2 Å². The van der Waals surface area contributed by atoms with Gasteiger partial charge in [0.2, 0.25) is 0 Å². The first-order valence-electron chi connectivity index (χ1n) is 12.9. The second kappa shape index (κ2) is 11.4. The second-order valence-electron chi connectivity index (χ2n) is 10.7. The molecule has 37 heavy (non-hydrogen) atoms. The zero-order valence-corrected chi connectivity index (χ0v) is 22.4. The van der Waals surface area contributed by atoms with Gasteiger partial charge in [0, 0.05) is 37.7 Å². The summed E-state index contributed by atoms with van der Waals surface area (Å²) in [5, 5.41) is 2.84. The van der Waals surface area contributed by atoms with Gasteiger partial charge in [-0.3, -0.25) is 4.79 Å². The fourth-order valence-electron chi connectivity index (χ4n) is 5.06. The highest BCUT2D eigenvalue weighted by molar-refractivity contribution is 5.98. The number of fused-ring (bicyclic) bond motifs is 1. The number of hydrogen-bond donors (Lipinski definition) is 1. The minimum atomic E-state index is -0.571. The molecule has 1 saturated heterocycles. The van der Waals surface area contributed by atoms with Crippen LogP contribution in [0.3, 0.4) is 0 Å². The number of benzene rings is 2. The van der Waals surface area contributed by atoms with Gasteiger partial charge in [-0.05, 0) is 75.4 Å². The number of nitrogens with zero attached hydrogens (tertiary/aromatic N) is 1. The Morgan fingerprint density at radius 2 is 1.86 bits per heavy atom. The van der Waals surface area contributed by atoms with Gasteiger partial charge < -0.3 is 29.2 Å². The molecule has 8 heteroatoms. The van der Waals surface area contributed by atoms with E-state index in [1.807, 2.05) is 49.9 Å². The third-order valence-electron chi connectivity index (χ3n) is 6.99. The lowest BCUT2D eigenvalue weighted by atomic mass is 9.76. The minimum Gasteiger partial charge on any atom is -0.493 e. The Bertz CT molecular complexity index is 1110. The average Bonchev–Trinajstić information content (AvgIpc) is 3.22. The maximum Gasteiger partial charge on any atom is 0.410 e. The Hall–Kier alpha value is -3.26. The molecule has 4 rings (SSSR count). The summed E-state index contributed by atoms with van der Waals surface area (Å²) in [4.78, 5) is 27.0. The molecule has 2 amide bonds. The van der Waals surface area contributed by atoms with Gasteiger partial charge in [0.25, 0.3) is 5.91 Å². The number of rotatable bonds is 8. The molecule has 2 aromatic rings. The molecule has 0 aromatic heterocycles. The lowest BCUT2D eigenvalue weighted by Crippen LogP contribution is -2.52. The predicted molar refractivity (Wildman–Crippen MR) is 140 cm³/mol. The van der Waals surface area contributed by atoms with Crippen molar-refractivity contribution in [2.24, 2.45) is 5.92 Å². The summed E-state index contributed by atoms with van der Waals surface area (Å²) in [7, 11) is 1.65. The van der Waals surface area contributed by atoms with Crippen LogP contribution in [-0.2, 0) is 16.0 Å². The van der Waals surface area contributed by atoms with Crippen molar-refractivity contribution in [1.29, 1.82) is 0 Å². The Kier molecular flexibility index (Phi) is 8.27. The lowest BCUT2D eigenvalue weighted by molar-refractivity contribution is -0.00608. The maximum atomic E-state index is 13.0. The van der Waals surface area contributed by atoms with E-state index < -0.39 is 5.60 Å². The minimum absolute atomic E-state index is 0.00225. The molecule has 0 radical (unpaired) electrons. The first kappa shape index (κ1) is 26.8. The standard InChI is InChI=1S/C29H38N2O6/c1-19-26(18-36-23-10-9-21-17-30-27(32)25(21)16-23)24(11-12-31(19)28(33)37-29(2,3)4)20-7-6-8-22(15-20)35-14-13-34-5/h6-10,15-16,19,24,26H,11-14,17-18H2,1-5H3,(H,30,32). The van der Waals surface area contributed by atoms with E-state index in [2.05, 4.69) is 24.4 Å². The molecule has 3 atom stereocenters. The summed E-state index contributed by atoms with van der Waals surface area (Å²) in [6.07, 6.45) is 0.459. The van der Waals surface area contributed by atoms with Crippen LogP contribution >= 0.6 is 0 Å². The normalized spacial score (nSPS) is 21.3. The second-order valence-corrected chi connectivity index (χ2v) is 10.7. The summed E-state index contributed by atoms with van der Waals surface area (Å²) in [6, 6.07) is 13.6. The number of piperidine rings is 1. The molecule has 1 fully saturated rings. The number of methoxy groups -OCH3 is 1. The quantitative estimate of drug-likeness (QED) is 0.515. The number of hydrogen-bond acceptors (Lipinski definition) is 6. The van der Waals surface area contributed by atoms with E-state index in [1.54, 1.807) is 13.2 Å². The van der Waals surface area contributed by atoms with Crippen LogP contribution in [0.15, 0.2) is 42.5 Å². The van der Waals surface area contributed by atoms with E-state index in [4.69, 9.17) is 18.9 Å². The van der Waals surface area contributed by atoms with Crippen LogP contribution in [0.4, 0.5) is 4.79 Å². The van der Waals surface area contributed by atoms with Gasteiger partial charge in [0.15, 0.2) is 0 Å². The van der Waals surface area contributed by atoms with Crippen LogP contribution < -0.4 is 14.8 Å². The van der Waals surface area contributed by atoms with Gasteiger partial charge in [0.05, 0.1) is 13.2 Å². The smallest absolute Gasteiger partial charge is 0.410 e. The summed E-state index contributed by atoms with van der Waals surface area (Å²) < 4.78 is 22.9. The van der Waals surface area contributed by atoms with Crippen LogP contribution in [0.5, 0.6) is 11.5 Å². The number of carbonyl (C=O) groups is 2. The fraction of sp³-hybridized carbons (Fsp3) is 0.517. The molecular formula is C29H38N2O6. The highest BCUT2D eigenvalue weighted by Gasteiger charge is 2.40. The van der Waals surface area contributed by atoms with Crippen molar-refractivity contribution in [1.82, 2.24) is 10.2 Å². The van der Waals surface area contributed by atoms with Crippen molar-refractivity contribution in [2.45, 2.75) is 58.2 Å². The molecule has 0 aliphatic carbocycles. The van der Waals surface area contributed by atoms with Crippen molar-refractivity contribution < 1.29 is 28.5 Å². The van der Waals surface area contributed by atoms with E-state index in [0.29, 0.717) is 44.2 Å². The van der Waals surface area contributed by atoms with Gasteiger partial charge in [-0.2, -0.15) is 0 Å². The molecule has 1 N–H and O–H groups in total. The predicted octanol–water partition coefficient (Wildman–Crippen LogP) is 4.76. The monoisotopic (exact) mass is 510 g/mol. The maximum absolute atomic E-state index is 13.0. The van der Waals surface area contributed by atoms with Crippen LogP contribution in [-0.4, -0.2) is 62.0 Å². The third-order valence-corrected chi connectivity index (χ3v) is 6.99. The lowest BCUT2D eigenvalue weighted by Gasteiger charge is -2.44. The number of nitrogens with one attached hydrogen (secondary N) is 1. The number of carbonyl (C=O) groups excluding carboxylic acids is 2. The molecule has 2 aliphatic rings.